The van der Waals surface area contributed by atoms with Gasteiger partial charge in [0.15, 0.2) is 5.11 Å². The van der Waals surface area contributed by atoms with Crippen LogP contribution in [0.5, 0.6) is 5.75 Å². The molecule has 0 radical (unpaired) electrons. The van der Waals surface area contributed by atoms with E-state index < -0.39 is 11.8 Å². The maximum absolute atomic E-state index is 13.2. The van der Waals surface area contributed by atoms with Gasteiger partial charge in [0.25, 0.3) is 11.8 Å². The van der Waals surface area contributed by atoms with Crippen LogP contribution in [0.15, 0.2) is 82.8 Å². The average Bonchev–Trinajstić information content (AvgIpc) is 2.77. The number of rotatable bonds is 5. The van der Waals surface area contributed by atoms with Gasteiger partial charge in [0, 0.05) is 10.0 Å². The largest absolute Gasteiger partial charge is 0.488 e. The van der Waals surface area contributed by atoms with Gasteiger partial charge in [-0.05, 0) is 61.1 Å². The van der Waals surface area contributed by atoms with E-state index in [1.807, 2.05) is 43.3 Å². The van der Waals surface area contributed by atoms with Crippen LogP contribution in [0.3, 0.4) is 0 Å². The number of amides is 2. The summed E-state index contributed by atoms with van der Waals surface area (Å²) in [5, 5.41) is 2.65. The van der Waals surface area contributed by atoms with Crippen molar-refractivity contribution in [2.24, 2.45) is 0 Å². The Morgan fingerprint density at radius 2 is 1.81 bits per heavy atom. The van der Waals surface area contributed by atoms with Crippen LogP contribution in [0.2, 0.25) is 0 Å². The third kappa shape index (κ3) is 4.79. The van der Waals surface area contributed by atoms with E-state index in [2.05, 4.69) is 21.2 Å². The molecule has 1 aliphatic heterocycles. The van der Waals surface area contributed by atoms with E-state index in [0.29, 0.717) is 23.6 Å². The van der Waals surface area contributed by atoms with Crippen molar-refractivity contribution in [1.29, 1.82) is 0 Å². The van der Waals surface area contributed by atoms with Crippen molar-refractivity contribution in [2.75, 3.05) is 4.90 Å². The van der Waals surface area contributed by atoms with E-state index >= 15 is 0 Å². The molecule has 1 N–H and O–H groups in total. The van der Waals surface area contributed by atoms with Gasteiger partial charge in [0.05, 0.1) is 5.69 Å². The van der Waals surface area contributed by atoms with Crippen LogP contribution in [0, 0.1) is 6.92 Å². The number of nitrogens with one attached hydrogen (secondary N) is 1. The van der Waals surface area contributed by atoms with E-state index in [9.17, 15) is 9.59 Å². The number of carbonyl (C=O) groups is 2. The van der Waals surface area contributed by atoms with Crippen LogP contribution in [0.1, 0.15) is 16.7 Å². The molecule has 0 aromatic heterocycles. The Morgan fingerprint density at radius 3 is 2.56 bits per heavy atom. The zero-order chi connectivity index (χ0) is 22.7. The number of hydrogen-bond donors (Lipinski definition) is 1. The van der Waals surface area contributed by atoms with Crippen molar-refractivity contribution >= 4 is 56.8 Å². The molecule has 3 aromatic rings. The summed E-state index contributed by atoms with van der Waals surface area (Å²) in [6.07, 6.45) is 1.53. The zero-order valence-electron chi connectivity index (χ0n) is 17.2. The normalized spacial score (nSPS) is 15.1. The molecule has 0 atom stereocenters. The smallest absolute Gasteiger partial charge is 0.270 e. The molecule has 0 bridgehead atoms. The lowest BCUT2D eigenvalue weighted by Gasteiger charge is -2.29. The number of thiocarbonyl (C=S) groups is 1. The lowest BCUT2D eigenvalue weighted by molar-refractivity contribution is -0.122. The molecule has 4 rings (SSSR count). The van der Waals surface area contributed by atoms with Gasteiger partial charge in [-0.25, -0.2) is 0 Å². The Balaban J connectivity index is 1.67. The molecule has 5 nitrogen and oxygen atoms in total. The van der Waals surface area contributed by atoms with Crippen LogP contribution in [-0.2, 0) is 16.2 Å². The van der Waals surface area contributed by atoms with Crippen LogP contribution < -0.4 is 15.0 Å². The van der Waals surface area contributed by atoms with Gasteiger partial charge in [0.2, 0.25) is 0 Å². The van der Waals surface area contributed by atoms with Gasteiger partial charge in [-0.2, -0.15) is 0 Å². The summed E-state index contributed by atoms with van der Waals surface area (Å²) in [7, 11) is 0. The van der Waals surface area contributed by atoms with Gasteiger partial charge in [-0.1, -0.05) is 64.0 Å². The highest BCUT2D eigenvalue weighted by Crippen LogP contribution is 2.28. The lowest BCUT2D eigenvalue weighted by atomic mass is 10.1. The number of carbonyl (C=O) groups excluding carboxylic acids is 2. The van der Waals surface area contributed by atoms with E-state index in [1.54, 1.807) is 36.4 Å². The van der Waals surface area contributed by atoms with E-state index in [-0.39, 0.29) is 10.7 Å². The van der Waals surface area contributed by atoms with E-state index in [4.69, 9.17) is 17.0 Å². The summed E-state index contributed by atoms with van der Waals surface area (Å²) < 4.78 is 6.83. The predicted molar refractivity (Wildman–Crippen MR) is 132 cm³/mol. The van der Waals surface area contributed by atoms with Gasteiger partial charge in [-0.15, -0.1) is 0 Å². The molecule has 0 unspecified atom stereocenters. The number of ether oxygens (including phenoxy) is 1. The highest BCUT2D eigenvalue weighted by molar-refractivity contribution is 9.10. The van der Waals surface area contributed by atoms with Crippen molar-refractivity contribution in [2.45, 2.75) is 13.5 Å². The fourth-order valence-corrected chi connectivity index (χ4v) is 4.01. The van der Waals surface area contributed by atoms with Crippen LogP contribution in [0.4, 0.5) is 5.69 Å². The molecular weight excluding hydrogens is 488 g/mol. The quantitative estimate of drug-likeness (QED) is 0.294. The molecule has 1 saturated heterocycles. The summed E-state index contributed by atoms with van der Waals surface area (Å²) in [6, 6.07) is 22.5. The topological polar surface area (TPSA) is 58.6 Å². The first-order valence-corrected chi connectivity index (χ1v) is 11.1. The minimum absolute atomic E-state index is 0.0269. The van der Waals surface area contributed by atoms with E-state index in [0.717, 1.165) is 15.6 Å². The Labute approximate surface area is 199 Å². The summed E-state index contributed by atoms with van der Waals surface area (Å²) in [4.78, 5) is 27.2. The fourth-order valence-electron chi connectivity index (χ4n) is 3.35. The Hall–Kier alpha value is -3.29. The molecule has 0 spiro atoms. The zero-order valence-corrected chi connectivity index (χ0v) is 19.6. The summed E-state index contributed by atoms with van der Waals surface area (Å²) >= 11 is 8.70. The third-order valence-electron chi connectivity index (χ3n) is 4.86. The van der Waals surface area contributed by atoms with Gasteiger partial charge in [0.1, 0.15) is 17.9 Å². The Kier molecular flexibility index (Phi) is 6.48. The number of hydrogen-bond acceptors (Lipinski definition) is 4. The van der Waals surface area contributed by atoms with Gasteiger partial charge in [-0.3, -0.25) is 19.8 Å². The second-order valence-corrected chi connectivity index (χ2v) is 8.56. The molecule has 160 valence electrons. The molecule has 32 heavy (non-hydrogen) atoms. The summed E-state index contributed by atoms with van der Waals surface area (Å²) in [5.74, 6) is -0.478. The lowest BCUT2D eigenvalue weighted by Crippen LogP contribution is -2.54. The highest BCUT2D eigenvalue weighted by atomic mass is 79.9. The number of anilines is 1. The van der Waals surface area contributed by atoms with Crippen molar-refractivity contribution in [3.8, 4) is 5.75 Å². The number of nitrogens with zero attached hydrogens (tertiary/aromatic N) is 1. The molecule has 3 aromatic carbocycles. The molecule has 0 aliphatic carbocycles. The number of halogens is 1. The monoisotopic (exact) mass is 506 g/mol. The molecule has 1 heterocycles. The number of benzene rings is 3. The first-order valence-electron chi connectivity index (χ1n) is 9.87. The van der Waals surface area contributed by atoms with Crippen molar-refractivity contribution in [3.63, 3.8) is 0 Å². The third-order valence-corrected chi connectivity index (χ3v) is 5.64. The Morgan fingerprint density at radius 1 is 1.03 bits per heavy atom. The van der Waals surface area contributed by atoms with Crippen molar-refractivity contribution in [1.82, 2.24) is 5.32 Å². The second kappa shape index (κ2) is 9.46. The standard InChI is InChI=1S/C25H19BrN2O3S/c1-16-6-5-7-17(12-16)15-31-22-11-10-19(26)13-18(22)14-21-23(29)27-25(32)28(24(21)30)20-8-3-2-4-9-20/h2-14H,15H2,1H3,(H,27,29,32)/b21-14-. The first-order chi connectivity index (χ1) is 15.4. The highest BCUT2D eigenvalue weighted by Gasteiger charge is 2.34. The minimum Gasteiger partial charge on any atom is -0.488 e. The van der Waals surface area contributed by atoms with Crippen molar-refractivity contribution < 1.29 is 14.3 Å². The van der Waals surface area contributed by atoms with Crippen LogP contribution in [-0.4, -0.2) is 16.9 Å². The molecule has 2 amide bonds. The summed E-state index contributed by atoms with van der Waals surface area (Å²) in [6.45, 7) is 2.38. The molecular formula is C25H19BrN2O3S. The van der Waals surface area contributed by atoms with Crippen LogP contribution in [0.25, 0.3) is 6.08 Å². The van der Waals surface area contributed by atoms with Crippen LogP contribution >= 0.6 is 28.1 Å². The molecule has 1 fully saturated rings. The van der Waals surface area contributed by atoms with E-state index in [1.165, 1.54) is 11.0 Å². The average molecular weight is 507 g/mol. The maximum Gasteiger partial charge on any atom is 0.270 e. The maximum atomic E-state index is 13.2. The predicted octanol–water partition coefficient (Wildman–Crippen LogP) is 5.17. The Bertz CT molecular complexity index is 1240. The minimum atomic E-state index is -0.545. The fraction of sp³-hybridized carbons (Fsp3) is 0.0800. The van der Waals surface area contributed by atoms with Gasteiger partial charge < -0.3 is 4.74 Å². The molecule has 1 aliphatic rings. The number of aryl methyl sites for hydroxylation is 1. The first kappa shape index (κ1) is 21.9. The molecule has 7 heteroatoms. The SMILES string of the molecule is Cc1cccc(COc2ccc(Br)cc2/C=C2/C(=O)NC(=S)N(c3ccccc3)C2=O)c1. The summed E-state index contributed by atoms with van der Waals surface area (Å²) in [5.41, 5.74) is 3.33. The molecule has 0 saturated carbocycles. The van der Waals surface area contributed by atoms with Gasteiger partial charge >= 0.3 is 0 Å². The van der Waals surface area contributed by atoms with Crippen molar-refractivity contribution in [3.05, 3.63) is 99.5 Å². The number of para-hydroxylation sites is 1. The second-order valence-electron chi connectivity index (χ2n) is 7.25.